The highest BCUT2D eigenvalue weighted by Crippen LogP contribution is 2.26. The monoisotopic (exact) mass is 414 g/mol. The van der Waals surface area contributed by atoms with E-state index < -0.39 is 10.0 Å². The number of carbonyl (C=O) groups excluding carboxylic acids is 1. The fourth-order valence-corrected chi connectivity index (χ4v) is 5.32. The molecule has 26 heavy (non-hydrogen) atoms. The first-order valence-electron chi connectivity index (χ1n) is 8.03. The summed E-state index contributed by atoms with van der Waals surface area (Å²) in [7, 11) is -1.87. The lowest BCUT2D eigenvalue weighted by Crippen LogP contribution is -2.50. The molecule has 1 N–H and O–H groups in total. The van der Waals surface area contributed by atoms with Crippen LogP contribution in [0.3, 0.4) is 0 Å². The second-order valence-electron chi connectivity index (χ2n) is 5.88. The minimum Gasteiger partial charge on any atom is -0.378 e. The number of carbonyl (C=O) groups is 1. The van der Waals surface area contributed by atoms with Gasteiger partial charge in [0.25, 0.3) is 5.91 Å². The molecule has 0 bridgehead atoms. The van der Waals surface area contributed by atoms with Crippen LogP contribution >= 0.6 is 23.1 Å². The summed E-state index contributed by atoms with van der Waals surface area (Å²) in [4.78, 5) is 14.6. The first-order valence-corrected chi connectivity index (χ1v) is 10.6. The molecule has 140 valence electrons. The van der Waals surface area contributed by atoms with Crippen LogP contribution in [0.25, 0.3) is 0 Å². The summed E-state index contributed by atoms with van der Waals surface area (Å²) in [5.41, 5.74) is 1.24. The maximum absolute atomic E-state index is 12.8. The summed E-state index contributed by atoms with van der Waals surface area (Å²) in [6.07, 6.45) is 0. The molecule has 0 saturated carbocycles. The third-order valence-electron chi connectivity index (χ3n) is 4.26. The van der Waals surface area contributed by atoms with E-state index in [1.807, 2.05) is 0 Å². The van der Waals surface area contributed by atoms with Crippen molar-refractivity contribution in [3.05, 3.63) is 40.5 Å². The van der Waals surface area contributed by atoms with Gasteiger partial charge in [0.05, 0.1) is 16.2 Å². The van der Waals surface area contributed by atoms with Crippen LogP contribution < -0.4 is 5.32 Å². The number of hydrogen-bond acceptors (Lipinski definition) is 6. The fraction of sp³-hybridized carbons (Fsp3) is 0.375. The minimum atomic E-state index is -3.62. The van der Waals surface area contributed by atoms with Crippen molar-refractivity contribution in [1.29, 1.82) is 0 Å². The quantitative estimate of drug-likeness (QED) is 0.829. The Labute approximate surface area is 161 Å². The number of aromatic nitrogens is 1. The molecule has 2 aromatic rings. The zero-order chi connectivity index (χ0) is 18.9. The average molecular weight is 415 g/mol. The minimum absolute atomic E-state index is 0.125. The van der Waals surface area contributed by atoms with E-state index in [0.717, 1.165) is 5.00 Å². The molecule has 1 aliphatic rings. The van der Waals surface area contributed by atoms with Gasteiger partial charge >= 0.3 is 0 Å². The predicted octanol–water partition coefficient (Wildman–Crippen LogP) is 2.29. The molecule has 0 atom stereocenters. The van der Waals surface area contributed by atoms with Crippen molar-refractivity contribution >= 4 is 44.1 Å². The van der Waals surface area contributed by atoms with E-state index in [-0.39, 0.29) is 23.9 Å². The molecule has 10 heteroatoms. The van der Waals surface area contributed by atoms with Gasteiger partial charge in [-0.3, -0.25) is 4.79 Å². The number of anilines is 1. The van der Waals surface area contributed by atoms with Gasteiger partial charge in [-0.25, -0.2) is 8.42 Å². The zero-order valence-corrected chi connectivity index (χ0v) is 16.8. The van der Waals surface area contributed by atoms with Crippen molar-refractivity contribution in [2.75, 3.05) is 38.5 Å². The lowest BCUT2D eigenvalue weighted by Gasteiger charge is -2.34. The number of amides is 1. The lowest BCUT2D eigenvalue weighted by atomic mass is 10.2. The second kappa shape index (κ2) is 7.51. The van der Waals surface area contributed by atoms with Crippen LogP contribution in [0, 0.1) is 6.92 Å². The van der Waals surface area contributed by atoms with Gasteiger partial charge < -0.3 is 10.2 Å². The standard InChI is InChI=1S/C16H19ClN4O3S2/c1-11-14(15(18-2)25-19-11)16(22)20-6-8-21(9-7-20)26(23,24)13-5-3-4-12(17)10-13/h3-5,10,18H,6-9H2,1-2H3. The molecule has 0 aliphatic carbocycles. The summed E-state index contributed by atoms with van der Waals surface area (Å²) in [6.45, 7) is 2.94. The van der Waals surface area contributed by atoms with Gasteiger partial charge in [0.15, 0.2) is 0 Å². The van der Waals surface area contributed by atoms with Crippen LogP contribution in [0.4, 0.5) is 5.00 Å². The highest BCUT2D eigenvalue weighted by molar-refractivity contribution is 7.89. The maximum Gasteiger partial charge on any atom is 0.258 e. The number of nitrogens with zero attached hydrogens (tertiary/aromatic N) is 3. The van der Waals surface area contributed by atoms with Crippen LogP contribution in [0.15, 0.2) is 29.2 Å². The molecule has 1 saturated heterocycles. The number of nitrogens with one attached hydrogen (secondary N) is 1. The van der Waals surface area contributed by atoms with E-state index in [9.17, 15) is 13.2 Å². The number of hydrogen-bond donors (Lipinski definition) is 1. The van der Waals surface area contributed by atoms with Crippen molar-refractivity contribution in [1.82, 2.24) is 13.6 Å². The molecule has 1 amide bonds. The van der Waals surface area contributed by atoms with Gasteiger partial charge in [0, 0.05) is 38.2 Å². The summed E-state index contributed by atoms with van der Waals surface area (Å²) in [5, 5.41) is 4.08. The number of sulfonamides is 1. The summed E-state index contributed by atoms with van der Waals surface area (Å²) >= 11 is 7.15. The van der Waals surface area contributed by atoms with E-state index in [0.29, 0.717) is 29.4 Å². The maximum atomic E-state index is 12.8. The van der Waals surface area contributed by atoms with Crippen LogP contribution in [-0.4, -0.2) is 61.1 Å². The van der Waals surface area contributed by atoms with Crippen LogP contribution in [0.2, 0.25) is 5.02 Å². The molecule has 3 rings (SSSR count). The number of piperazine rings is 1. The average Bonchev–Trinajstić information content (AvgIpc) is 3.02. The van der Waals surface area contributed by atoms with Gasteiger partial charge in [0.2, 0.25) is 10.0 Å². The smallest absolute Gasteiger partial charge is 0.258 e. The van der Waals surface area contributed by atoms with Crippen molar-refractivity contribution in [2.24, 2.45) is 0 Å². The second-order valence-corrected chi connectivity index (χ2v) is 9.02. The Kier molecular flexibility index (Phi) is 5.52. The fourth-order valence-electron chi connectivity index (χ4n) is 2.86. The van der Waals surface area contributed by atoms with Crippen molar-refractivity contribution in [3.8, 4) is 0 Å². The number of aryl methyl sites for hydroxylation is 1. The normalized spacial score (nSPS) is 15.9. The summed E-state index contributed by atoms with van der Waals surface area (Å²) in [5.74, 6) is -0.125. The summed E-state index contributed by atoms with van der Waals surface area (Å²) in [6, 6.07) is 6.21. The van der Waals surface area contributed by atoms with Crippen molar-refractivity contribution < 1.29 is 13.2 Å². The van der Waals surface area contributed by atoms with E-state index in [2.05, 4.69) is 9.69 Å². The molecular formula is C16H19ClN4O3S2. The molecule has 2 heterocycles. The van der Waals surface area contributed by atoms with E-state index in [4.69, 9.17) is 11.6 Å². The molecular weight excluding hydrogens is 396 g/mol. The molecule has 1 aromatic heterocycles. The van der Waals surface area contributed by atoms with Gasteiger partial charge in [-0.2, -0.15) is 8.68 Å². The Hall–Kier alpha value is -1.68. The molecule has 7 nitrogen and oxygen atoms in total. The third kappa shape index (κ3) is 3.57. The topological polar surface area (TPSA) is 82.6 Å². The molecule has 0 spiro atoms. The van der Waals surface area contributed by atoms with Gasteiger partial charge in [-0.15, -0.1) is 0 Å². The third-order valence-corrected chi connectivity index (χ3v) is 7.35. The van der Waals surface area contributed by atoms with Crippen LogP contribution in [-0.2, 0) is 10.0 Å². The van der Waals surface area contributed by atoms with Crippen molar-refractivity contribution in [2.45, 2.75) is 11.8 Å². The Morgan fingerprint density at radius 2 is 1.96 bits per heavy atom. The molecule has 1 fully saturated rings. The predicted molar refractivity (Wildman–Crippen MR) is 103 cm³/mol. The van der Waals surface area contributed by atoms with E-state index in [1.165, 1.54) is 28.0 Å². The van der Waals surface area contributed by atoms with Crippen LogP contribution in [0.1, 0.15) is 16.1 Å². The number of halogens is 1. The summed E-state index contributed by atoms with van der Waals surface area (Å²) < 4.78 is 31.1. The van der Waals surface area contributed by atoms with Gasteiger partial charge in [-0.05, 0) is 36.7 Å². The molecule has 0 radical (unpaired) electrons. The largest absolute Gasteiger partial charge is 0.378 e. The molecule has 1 aromatic carbocycles. The lowest BCUT2D eigenvalue weighted by molar-refractivity contribution is 0.0698. The Morgan fingerprint density at radius 3 is 2.58 bits per heavy atom. The van der Waals surface area contributed by atoms with Gasteiger partial charge in [0.1, 0.15) is 5.00 Å². The van der Waals surface area contributed by atoms with Crippen LogP contribution in [0.5, 0.6) is 0 Å². The van der Waals surface area contributed by atoms with Crippen molar-refractivity contribution in [3.63, 3.8) is 0 Å². The number of rotatable bonds is 4. The Balaban J connectivity index is 1.73. The van der Waals surface area contributed by atoms with Gasteiger partial charge in [-0.1, -0.05) is 17.7 Å². The zero-order valence-electron chi connectivity index (χ0n) is 14.4. The van der Waals surface area contributed by atoms with E-state index in [1.54, 1.807) is 31.0 Å². The SMILES string of the molecule is CNc1snc(C)c1C(=O)N1CCN(S(=O)(=O)c2cccc(Cl)c2)CC1. The first kappa shape index (κ1) is 19.1. The number of benzene rings is 1. The Morgan fingerprint density at radius 1 is 1.27 bits per heavy atom. The Bertz CT molecular complexity index is 921. The molecule has 1 aliphatic heterocycles. The highest BCUT2D eigenvalue weighted by Gasteiger charge is 2.32. The first-order chi connectivity index (χ1) is 12.3. The van der Waals surface area contributed by atoms with E-state index >= 15 is 0 Å². The molecule has 0 unspecified atom stereocenters. The highest BCUT2D eigenvalue weighted by atomic mass is 35.5.